The number of aryl methyl sites for hydroxylation is 1. The van der Waals surface area contributed by atoms with Gasteiger partial charge in [0.25, 0.3) is 11.7 Å². The van der Waals surface area contributed by atoms with Crippen molar-refractivity contribution in [3.63, 3.8) is 0 Å². The van der Waals surface area contributed by atoms with Crippen LogP contribution in [0.15, 0.2) is 65.6 Å². The normalized spacial score (nSPS) is 17.4. The minimum atomic E-state index is -0.780. The standard InChI is InChI=1S/C25H22FNO5S/c1-15-14-16(5-10-19(15)26)23(28)21-22(20-4-3-13-33-20)27(25(30)24(21)29)11-12-32-18-8-6-17(31-2)7-9-18/h3-10,13-14,22,28H,11-12H2,1-2H3/b23-21-. The first-order chi connectivity index (χ1) is 15.9. The van der Waals surface area contributed by atoms with Gasteiger partial charge < -0.3 is 19.5 Å². The van der Waals surface area contributed by atoms with E-state index in [2.05, 4.69) is 0 Å². The van der Waals surface area contributed by atoms with Crippen LogP contribution in [0.25, 0.3) is 5.76 Å². The molecule has 33 heavy (non-hydrogen) atoms. The molecule has 8 heteroatoms. The van der Waals surface area contributed by atoms with Crippen molar-refractivity contribution < 1.29 is 28.6 Å². The molecule has 1 fully saturated rings. The Morgan fingerprint density at radius 1 is 1.12 bits per heavy atom. The number of carbonyl (C=O) groups is 2. The van der Waals surface area contributed by atoms with Gasteiger partial charge in [-0.1, -0.05) is 6.07 Å². The molecule has 1 aliphatic heterocycles. The zero-order valence-corrected chi connectivity index (χ0v) is 18.9. The molecule has 1 aromatic heterocycles. The first-order valence-corrected chi connectivity index (χ1v) is 11.1. The summed E-state index contributed by atoms with van der Waals surface area (Å²) in [5, 5.41) is 12.8. The van der Waals surface area contributed by atoms with Crippen molar-refractivity contribution in [1.29, 1.82) is 0 Å². The number of aliphatic hydroxyl groups excluding tert-OH is 1. The smallest absolute Gasteiger partial charge is 0.295 e. The Balaban J connectivity index is 1.63. The number of hydrogen-bond acceptors (Lipinski definition) is 6. The fourth-order valence-electron chi connectivity index (χ4n) is 3.73. The number of ether oxygens (including phenoxy) is 2. The van der Waals surface area contributed by atoms with E-state index in [0.29, 0.717) is 17.1 Å². The second kappa shape index (κ2) is 9.46. The number of methoxy groups -OCH3 is 1. The van der Waals surface area contributed by atoms with Crippen molar-refractivity contribution in [2.45, 2.75) is 13.0 Å². The highest BCUT2D eigenvalue weighted by Crippen LogP contribution is 2.41. The molecule has 0 aliphatic carbocycles. The highest BCUT2D eigenvalue weighted by Gasteiger charge is 2.46. The minimum absolute atomic E-state index is 0.0158. The number of rotatable bonds is 7. The molecule has 1 aliphatic rings. The quantitative estimate of drug-likeness (QED) is 0.310. The summed E-state index contributed by atoms with van der Waals surface area (Å²) >= 11 is 1.38. The van der Waals surface area contributed by atoms with E-state index in [4.69, 9.17) is 9.47 Å². The van der Waals surface area contributed by atoms with Gasteiger partial charge in [-0.05, 0) is 66.4 Å². The summed E-state index contributed by atoms with van der Waals surface area (Å²) in [5.41, 5.74) is 0.592. The molecule has 170 valence electrons. The molecule has 6 nitrogen and oxygen atoms in total. The van der Waals surface area contributed by atoms with E-state index >= 15 is 0 Å². The van der Waals surface area contributed by atoms with Gasteiger partial charge in [0.1, 0.15) is 29.7 Å². The summed E-state index contributed by atoms with van der Waals surface area (Å²) in [6.07, 6.45) is 0. The Hall–Kier alpha value is -3.65. The van der Waals surface area contributed by atoms with Crippen LogP contribution in [-0.2, 0) is 9.59 Å². The van der Waals surface area contributed by atoms with Gasteiger partial charge in [-0.15, -0.1) is 11.3 Å². The Morgan fingerprint density at radius 2 is 1.85 bits per heavy atom. The lowest BCUT2D eigenvalue weighted by Gasteiger charge is -2.24. The molecule has 1 atom stereocenters. The Bertz CT molecular complexity index is 1200. The average molecular weight is 468 g/mol. The summed E-state index contributed by atoms with van der Waals surface area (Å²) < 4.78 is 24.6. The molecule has 3 aromatic rings. The highest BCUT2D eigenvalue weighted by molar-refractivity contribution is 7.10. The second-order valence-corrected chi connectivity index (χ2v) is 8.48. The third-order valence-electron chi connectivity index (χ3n) is 5.44. The summed E-state index contributed by atoms with van der Waals surface area (Å²) in [4.78, 5) is 28.0. The third-order valence-corrected chi connectivity index (χ3v) is 6.37. The summed E-state index contributed by atoms with van der Waals surface area (Å²) in [6, 6.07) is 14.0. The zero-order chi connectivity index (χ0) is 23.5. The van der Waals surface area contributed by atoms with Gasteiger partial charge in [-0.2, -0.15) is 0 Å². The van der Waals surface area contributed by atoms with E-state index in [1.165, 1.54) is 34.4 Å². The second-order valence-electron chi connectivity index (χ2n) is 7.50. The van der Waals surface area contributed by atoms with Crippen LogP contribution in [0.2, 0.25) is 0 Å². The predicted molar refractivity (Wildman–Crippen MR) is 123 cm³/mol. The van der Waals surface area contributed by atoms with E-state index in [9.17, 15) is 19.1 Å². The first kappa shape index (κ1) is 22.5. The number of benzene rings is 2. The van der Waals surface area contributed by atoms with E-state index in [1.54, 1.807) is 38.3 Å². The van der Waals surface area contributed by atoms with Crippen molar-refractivity contribution in [3.8, 4) is 11.5 Å². The van der Waals surface area contributed by atoms with E-state index < -0.39 is 23.5 Å². The molecule has 0 saturated carbocycles. The maximum atomic E-state index is 13.7. The third kappa shape index (κ3) is 4.47. The lowest BCUT2D eigenvalue weighted by Crippen LogP contribution is -2.33. The Kier molecular flexibility index (Phi) is 6.46. The van der Waals surface area contributed by atoms with Gasteiger partial charge in [-0.25, -0.2) is 4.39 Å². The molecule has 1 saturated heterocycles. The maximum Gasteiger partial charge on any atom is 0.295 e. The minimum Gasteiger partial charge on any atom is -0.507 e. The van der Waals surface area contributed by atoms with Crippen molar-refractivity contribution in [1.82, 2.24) is 4.90 Å². The van der Waals surface area contributed by atoms with Crippen LogP contribution in [0.4, 0.5) is 4.39 Å². The van der Waals surface area contributed by atoms with E-state index in [-0.39, 0.29) is 30.0 Å². The molecule has 4 rings (SSSR count). The van der Waals surface area contributed by atoms with Crippen LogP contribution in [0.1, 0.15) is 22.0 Å². The van der Waals surface area contributed by atoms with Gasteiger partial charge in [0.15, 0.2) is 0 Å². The van der Waals surface area contributed by atoms with Crippen molar-refractivity contribution >= 4 is 28.8 Å². The van der Waals surface area contributed by atoms with E-state index in [1.807, 2.05) is 17.5 Å². The summed E-state index contributed by atoms with van der Waals surface area (Å²) in [6.45, 7) is 1.85. The highest BCUT2D eigenvalue weighted by atomic mass is 32.1. The number of ketones is 1. The molecule has 2 aromatic carbocycles. The molecule has 2 heterocycles. The Morgan fingerprint density at radius 3 is 2.48 bits per heavy atom. The summed E-state index contributed by atoms with van der Waals surface area (Å²) in [5.74, 6) is -0.945. The monoisotopic (exact) mass is 467 g/mol. The number of aliphatic hydroxyl groups is 1. The van der Waals surface area contributed by atoms with Crippen molar-refractivity contribution in [2.24, 2.45) is 0 Å². The number of amides is 1. The topological polar surface area (TPSA) is 76.1 Å². The lowest BCUT2D eigenvalue weighted by molar-refractivity contribution is -0.140. The molecule has 0 spiro atoms. The molecular weight excluding hydrogens is 445 g/mol. The molecule has 1 amide bonds. The largest absolute Gasteiger partial charge is 0.507 e. The van der Waals surface area contributed by atoms with Gasteiger partial charge in [-0.3, -0.25) is 9.59 Å². The van der Waals surface area contributed by atoms with Crippen LogP contribution in [0.5, 0.6) is 11.5 Å². The number of Topliss-reactive ketones (excluding diaryl/α,β-unsaturated/α-hetero) is 1. The fraction of sp³-hybridized carbons (Fsp3) is 0.200. The number of halogens is 1. The van der Waals surface area contributed by atoms with E-state index in [0.717, 1.165) is 4.88 Å². The fourth-order valence-corrected chi connectivity index (χ4v) is 4.58. The van der Waals surface area contributed by atoms with Crippen molar-refractivity contribution in [2.75, 3.05) is 20.3 Å². The van der Waals surface area contributed by atoms with Gasteiger partial charge >= 0.3 is 0 Å². The van der Waals surface area contributed by atoms with Gasteiger partial charge in [0.05, 0.1) is 25.3 Å². The first-order valence-electron chi connectivity index (χ1n) is 10.3. The van der Waals surface area contributed by atoms with Crippen LogP contribution in [-0.4, -0.2) is 42.0 Å². The van der Waals surface area contributed by atoms with Gasteiger partial charge in [0, 0.05) is 10.4 Å². The molecular formula is C25H22FNO5S. The molecule has 1 unspecified atom stereocenters. The maximum absolute atomic E-state index is 13.7. The molecule has 0 radical (unpaired) electrons. The number of carbonyl (C=O) groups excluding carboxylic acids is 2. The average Bonchev–Trinajstić information content (AvgIpc) is 3.43. The van der Waals surface area contributed by atoms with Crippen LogP contribution < -0.4 is 9.47 Å². The molecule has 0 bridgehead atoms. The SMILES string of the molecule is COc1ccc(OCCN2C(=O)C(=O)/C(=C(\O)c3ccc(F)c(C)c3)C2c2cccs2)cc1. The zero-order valence-electron chi connectivity index (χ0n) is 18.1. The van der Waals surface area contributed by atoms with Crippen LogP contribution in [0, 0.1) is 12.7 Å². The van der Waals surface area contributed by atoms with Gasteiger partial charge in [0.2, 0.25) is 0 Å². The van der Waals surface area contributed by atoms with Crippen LogP contribution in [0.3, 0.4) is 0 Å². The van der Waals surface area contributed by atoms with Crippen molar-refractivity contribution in [3.05, 3.63) is 87.4 Å². The number of hydrogen-bond donors (Lipinski definition) is 1. The molecule has 1 N–H and O–H groups in total. The Labute approximate surface area is 194 Å². The number of thiophene rings is 1. The predicted octanol–water partition coefficient (Wildman–Crippen LogP) is 4.70. The number of likely N-dealkylation sites (tertiary alicyclic amines) is 1. The lowest BCUT2D eigenvalue weighted by atomic mass is 9.99. The van der Waals surface area contributed by atoms with Crippen LogP contribution >= 0.6 is 11.3 Å². The number of nitrogens with zero attached hydrogens (tertiary/aromatic N) is 1. The summed E-state index contributed by atoms with van der Waals surface area (Å²) in [7, 11) is 1.57.